The van der Waals surface area contributed by atoms with Crippen LogP contribution in [0, 0.1) is 5.92 Å². The molecule has 2 atom stereocenters. The van der Waals surface area contributed by atoms with Crippen LogP contribution in [0.5, 0.6) is 0 Å². The summed E-state index contributed by atoms with van der Waals surface area (Å²) >= 11 is 0. The summed E-state index contributed by atoms with van der Waals surface area (Å²) in [6, 6.07) is 0.0210. The van der Waals surface area contributed by atoms with Crippen molar-refractivity contribution in [2.24, 2.45) is 5.92 Å². The number of amides is 2. The Labute approximate surface area is 106 Å². The predicted molar refractivity (Wildman–Crippen MR) is 65.6 cm³/mol. The van der Waals surface area contributed by atoms with Crippen molar-refractivity contribution in [1.29, 1.82) is 0 Å². The molecule has 0 radical (unpaired) electrons. The molecule has 1 aliphatic heterocycles. The van der Waals surface area contributed by atoms with E-state index in [1.165, 1.54) is 0 Å². The van der Waals surface area contributed by atoms with Crippen LogP contribution in [-0.2, 0) is 16.1 Å². The number of carbonyl (C=O) groups excluding carboxylic acids is 2. The molecule has 1 fully saturated rings. The Kier molecular flexibility index (Phi) is 3.64. The number of nitrogens with one attached hydrogen (secondary N) is 1. The third-order valence-electron chi connectivity index (χ3n) is 3.14. The van der Waals surface area contributed by atoms with E-state index in [4.69, 9.17) is 0 Å². The second-order valence-electron chi connectivity index (χ2n) is 4.84. The minimum Gasteiger partial charge on any atom is -0.352 e. The van der Waals surface area contributed by atoms with Gasteiger partial charge in [0.1, 0.15) is 0 Å². The molecule has 2 heterocycles. The lowest BCUT2D eigenvalue weighted by atomic mass is 10.1. The first-order valence-corrected chi connectivity index (χ1v) is 6.06. The zero-order valence-electron chi connectivity index (χ0n) is 10.7. The minimum absolute atomic E-state index is 0.0210. The maximum atomic E-state index is 12.0. The first-order chi connectivity index (χ1) is 8.56. The second kappa shape index (κ2) is 5.20. The van der Waals surface area contributed by atoms with E-state index < -0.39 is 0 Å². The molecule has 0 unspecified atom stereocenters. The van der Waals surface area contributed by atoms with Crippen LogP contribution < -0.4 is 5.32 Å². The number of carbonyl (C=O) groups is 2. The van der Waals surface area contributed by atoms with Crippen molar-refractivity contribution in [3.05, 3.63) is 18.7 Å². The average Bonchev–Trinajstić information content (AvgIpc) is 2.90. The molecule has 2 rings (SSSR count). The van der Waals surface area contributed by atoms with Crippen LogP contribution >= 0.6 is 0 Å². The van der Waals surface area contributed by atoms with E-state index in [1.54, 1.807) is 24.5 Å². The highest BCUT2D eigenvalue weighted by Crippen LogP contribution is 2.16. The van der Waals surface area contributed by atoms with Gasteiger partial charge < -0.3 is 14.8 Å². The van der Waals surface area contributed by atoms with Crippen LogP contribution in [0.4, 0.5) is 0 Å². The van der Waals surface area contributed by atoms with E-state index in [2.05, 4.69) is 10.3 Å². The SMILES string of the molecule is C[C@@H](Cn1ccnc1)NC(=O)[C@@H]1CC(=O)N(C)C1. The minimum atomic E-state index is -0.215. The molecule has 1 saturated heterocycles. The molecule has 0 saturated carbocycles. The van der Waals surface area contributed by atoms with E-state index in [-0.39, 0.29) is 23.8 Å². The van der Waals surface area contributed by atoms with Crippen molar-refractivity contribution in [1.82, 2.24) is 19.8 Å². The number of nitrogens with zero attached hydrogens (tertiary/aromatic N) is 3. The number of hydrogen-bond donors (Lipinski definition) is 1. The van der Waals surface area contributed by atoms with Crippen molar-refractivity contribution in [2.45, 2.75) is 25.9 Å². The van der Waals surface area contributed by atoms with Gasteiger partial charge in [-0.15, -0.1) is 0 Å². The van der Waals surface area contributed by atoms with Crippen LogP contribution in [-0.4, -0.2) is 45.9 Å². The van der Waals surface area contributed by atoms with E-state index in [0.717, 1.165) is 0 Å². The monoisotopic (exact) mass is 250 g/mol. The molecule has 2 amide bonds. The lowest BCUT2D eigenvalue weighted by Gasteiger charge is -2.17. The van der Waals surface area contributed by atoms with Gasteiger partial charge in [0.15, 0.2) is 0 Å². The van der Waals surface area contributed by atoms with Crippen LogP contribution in [0.3, 0.4) is 0 Å². The zero-order valence-corrected chi connectivity index (χ0v) is 10.7. The summed E-state index contributed by atoms with van der Waals surface area (Å²) in [5, 5.41) is 2.93. The fourth-order valence-corrected chi connectivity index (χ4v) is 2.16. The van der Waals surface area contributed by atoms with Crippen molar-refractivity contribution in [2.75, 3.05) is 13.6 Å². The summed E-state index contributed by atoms with van der Waals surface area (Å²) < 4.78 is 1.91. The summed E-state index contributed by atoms with van der Waals surface area (Å²) in [5.41, 5.74) is 0. The molecule has 0 aliphatic carbocycles. The van der Waals surface area contributed by atoms with Gasteiger partial charge >= 0.3 is 0 Å². The Hall–Kier alpha value is -1.85. The molecule has 1 aromatic heterocycles. The molecule has 1 aromatic rings. The number of likely N-dealkylation sites (tertiary alicyclic amines) is 1. The van der Waals surface area contributed by atoms with Crippen LogP contribution in [0.2, 0.25) is 0 Å². The fraction of sp³-hybridized carbons (Fsp3) is 0.583. The van der Waals surface area contributed by atoms with Gasteiger partial charge in [-0.25, -0.2) is 4.98 Å². The van der Waals surface area contributed by atoms with Gasteiger partial charge in [0.25, 0.3) is 0 Å². The smallest absolute Gasteiger partial charge is 0.225 e. The molecule has 18 heavy (non-hydrogen) atoms. The molecule has 0 spiro atoms. The third-order valence-corrected chi connectivity index (χ3v) is 3.14. The summed E-state index contributed by atoms with van der Waals surface area (Å²) in [7, 11) is 1.73. The quantitative estimate of drug-likeness (QED) is 0.809. The number of hydrogen-bond acceptors (Lipinski definition) is 3. The first kappa shape index (κ1) is 12.6. The summed E-state index contributed by atoms with van der Waals surface area (Å²) in [5.74, 6) is -0.217. The summed E-state index contributed by atoms with van der Waals surface area (Å²) in [6.45, 7) is 3.14. The molecule has 1 N–H and O–H groups in total. The van der Waals surface area contributed by atoms with Crippen LogP contribution in [0.15, 0.2) is 18.7 Å². The number of rotatable bonds is 4. The largest absolute Gasteiger partial charge is 0.352 e. The Morgan fingerprint density at radius 3 is 3.00 bits per heavy atom. The molecular weight excluding hydrogens is 232 g/mol. The molecule has 6 nitrogen and oxygen atoms in total. The Bertz CT molecular complexity index is 429. The van der Waals surface area contributed by atoms with E-state index >= 15 is 0 Å². The van der Waals surface area contributed by atoms with Gasteiger partial charge in [-0.2, -0.15) is 0 Å². The van der Waals surface area contributed by atoms with Gasteiger partial charge in [-0.05, 0) is 6.92 Å². The van der Waals surface area contributed by atoms with Crippen molar-refractivity contribution < 1.29 is 9.59 Å². The maximum absolute atomic E-state index is 12.0. The van der Waals surface area contributed by atoms with Gasteiger partial charge in [0.2, 0.25) is 11.8 Å². The highest BCUT2D eigenvalue weighted by atomic mass is 16.2. The van der Waals surface area contributed by atoms with Crippen molar-refractivity contribution >= 4 is 11.8 Å². The number of imidazole rings is 1. The number of aromatic nitrogens is 2. The average molecular weight is 250 g/mol. The first-order valence-electron chi connectivity index (χ1n) is 6.06. The van der Waals surface area contributed by atoms with E-state index in [1.807, 2.05) is 17.7 Å². The van der Waals surface area contributed by atoms with E-state index in [9.17, 15) is 9.59 Å². The van der Waals surface area contributed by atoms with Crippen molar-refractivity contribution in [3.8, 4) is 0 Å². The molecule has 6 heteroatoms. The Morgan fingerprint density at radius 2 is 2.44 bits per heavy atom. The highest BCUT2D eigenvalue weighted by Gasteiger charge is 2.32. The molecule has 0 bridgehead atoms. The predicted octanol–water partition coefficient (Wildman–Crippen LogP) is -0.134. The highest BCUT2D eigenvalue weighted by molar-refractivity contribution is 5.89. The maximum Gasteiger partial charge on any atom is 0.225 e. The Balaban J connectivity index is 1.82. The molecular formula is C12H18N4O2. The van der Waals surface area contributed by atoms with Crippen molar-refractivity contribution in [3.63, 3.8) is 0 Å². The molecule has 1 aliphatic rings. The topological polar surface area (TPSA) is 67.2 Å². The van der Waals surface area contributed by atoms with Gasteiger partial charge in [0, 0.05) is 45.0 Å². The standard InChI is InChI=1S/C12H18N4O2/c1-9(6-16-4-3-13-8-16)14-12(18)10-5-11(17)15(2)7-10/h3-4,8-10H,5-7H2,1-2H3,(H,14,18)/t9-,10+/m0/s1. The molecule has 98 valence electrons. The van der Waals surface area contributed by atoms with Gasteiger partial charge in [-0.1, -0.05) is 0 Å². The lowest BCUT2D eigenvalue weighted by Crippen LogP contribution is -2.40. The lowest BCUT2D eigenvalue weighted by molar-refractivity contribution is -0.128. The van der Waals surface area contributed by atoms with Crippen LogP contribution in [0.25, 0.3) is 0 Å². The van der Waals surface area contributed by atoms with E-state index in [0.29, 0.717) is 19.5 Å². The van der Waals surface area contributed by atoms with Gasteiger partial charge in [0.05, 0.1) is 12.2 Å². The normalized spacial score (nSPS) is 21.1. The van der Waals surface area contributed by atoms with Gasteiger partial charge in [-0.3, -0.25) is 9.59 Å². The Morgan fingerprint density at radius 1 is 1.67 bits per heavy atom. The zero-order chi connectivity index (χ0) is 13.1. The molecule has 0 aromatic carbocycles. The summed E-state index contributed by atoms with van der Waals surface area (Å²) in [4.78, 5) is 28.9. The third kappa shape index (κ3) is 2.88. The van der Waals surface area contributed by atoms with Crippen LogP contribution in [0.1, 0.15) is 13.3 Å². The second-order valence-corrected chi connectivity index (χ2v) is 4.84. The summed E-state index contributed by atoms with van der Waals surface area (Å²) in [6.07, 6.45) is 5.60. The fourth-order valence-electron chi connectivity index (χ4n) is 2.16.